The van der Waals surface area contributed by atoms with E-state index in [1.165, 1.54) is 14.1 Å². The molecule has 1 aromatic carbocycles. The molecule has 1 aromatic rings. The number of nitrogens with zero attached hydrogens (tertiary/aromatic N) is 1. The standard InChI is InChI=1S/C12H19N3O3S/c1-14-12(16)8-15(2)19(17,18)9-11-5-3-4-10(6-11)7-13/h3-6H,7-9,13H2,1-2H3,(H,14,16). The first-order valence-electron chi connectivity index (χ1n) is 5.81. The predicted octanol–water partition coefficient (Wildman–Crippen LogP) is -0.347. The largest absolute Gasteiger partial charge is 0.358 e. The second-order valence-corrected chi connectivity index (χ2v) is 6.29. The fourth-order valence-corrected chi connectivity index (χ4v) is 2.68. The molecular weight excluding hydrogens is 266 g/mol. The van der Waals surface area contributed by atoms with Gasteiger partial charge in [-0.05, 0) is 11.1 Å². The molecule has 0 heterocycles. The van der Waals surface area contributed by atoms with Crippen molar-refractivity contribution in [3.05, 3.63) is 35.4 Å². The molecule has 0 saturated carbocycles. The van der Waals surface area contributed by atoms with Crippen molar-refractivity contribution in [3.63, 3.8) is 0 Å². The van der Waals surface area contributed by atoms with E-state index in [-0.39, 0.29) is 18.2 Å². The number of rotatable bonds is 6. The van der Waals surface area contributed by atoms with Gasteiger partial charge in [0.2, 0.25) is 15.9 Å². The number of carbonyl (C=O) groups excluding carboxylic acids is 1. The molecule has 0 spiro atoms. The zero-order valence-corrected chi connectivity index (χ0v) is 11.9. The lowest BCUT2D eigenvalue weighted by Gasteiger charge is -2.16. The van der Waals surface area contributed by atoms with E-state index in [0.717, 1.165) is 9.87 Å². The van der Waals surface area contributed by atoms with Crippen molar-refractivity contribution >= 4 is 15.9 Å². The summed E-state index contributed by atoms with van der Waals surface area (Å²) < 4.78 is 25.2. The lowest BCUT2D eigenvalue weighted by molar-refractivity contribution is -0.120. The highest BCUT2D eigenvalue weighted by molar-refractivity contribution is 7.88. The maximum absolute atomic E-state index is 12.1. The fraction of sp³-hybridized carbons (Fsp3) is 0.417. The number of hydrogen-bond acceptors (Lipinski definition) is 4. The van der Waals surface area contributed by atoms with E-state index >= 15 is 0 Å². The maximum Gasteiger partial charge on any atom is 0.235 e. The van der Waals surface area contributed by atoms with Gasteiger partial charge in [-0.15, -0.1) is 0 Å². The molecule has 1 amide bonds. The van der Waals surface area contributed by atoms with E-state index in [1.807, 2.05) is 6.07 Å². The Labute approximate surface area is 113 Å². The molecule has 0 bridgehead atoms. The number of amides is 1. The first kappa shape index (κ1) is 15.6. The van der Waals surface area contributed by atoms with Gasteiger partial charge in [0.05, 0.1) is 12.3 Å². The molecule has 7 heteroatoms. The minimum Gasteiger partial charge on any atom is -0.358 e. The number of hydrogen-bond donors (Lipinski definition) is 2. The van der Waals surface area contributed by atoms with Gasteiger partial charge in [-0.1, -0.05) is 24.3 Å². The smallest absolute Gasteiger partial charge is 0.235 e. The van der Waals surface area contributed by atoms with E-state index in [9.17, 15) is 13.2 Å². The Hall–Kier alpha value is -1.44. The minimum absolute atomic E-state index is 0.145. The molecule has 19 heavy (non-hydrogen) atoms. The molecule has 6 nitrogen and oxygen atoms in total. The summed E-state index contributed by atoms with van der Waals surface area (Å²) >= 11 is 0. The molecule has 0 saturated heterocycles. The lowest BCUT2D eigenvalue weighted by Crippen LogP contribution is -2.37. The Morgan fingerprint density at radius 2 is 2.00 bits per heavy atom. The van der Waals surface area contributed by atoms with Crippen LogP contribution in [0.2, 0.25) is 0 Å². The van der Waals surface area contributed by atoms with E-state index in [1.54, 1.807) is 18.2 Å². The van der Waals surface area contributed by atoms with Gasteiger partial charge in [0, 0.05) is 20.6 Å². The minimum atomic E-state index is -3.51. The van der Waals surface area contributed by atoms with Gasteiger partial charge in [0.25, 0.3) is 0 Å². The summed E-state index contributed by atoms with van der Waals surface area (Å²) in [6.45, 7) is 0.178. The summed E-state index contributed by atoms with van der Waals surface area (Å²) in [4.78, 5) is 11.2. The second-order valence-electron chi connectivity index (χ2n) is 4.21. The summed E-state index contributed by atoms with van der Waals surface area (Å²) in [5.74, 6) is -0.490. The number of nitrogens with two attached hydrogens (primary N) is 1. The van der Waals surface area contributed by atoms with E-state index in [4.69, 9.17) is 5.73 Å². The topological polar surface area (TPSA) is 92.5 Å². The van der Waals surface area contributed by atoms with Gasteiger partial charge in [0.15, 0.2) is 0 Å². The SMILES string of the molecule is CNC(=O)CN(C)S(=O)(=O)Cc1cccc(CN)c1. The van der Waals surface area contributed by atoms with E-state index < -0.39 is 10.0 Å². The third-order valence-corrected chi connectivity index (χ3v) is 4.47. The van der Waals surface area contributed by atoms with Crippen LogP contribution in [0.1, 0.15) is 11.1 Å². The summed E-state index contributed by atoms with van der Waals surface area (Å²) in [6, 6.07) is 7.09. The molecule has 1 rings (SSSR count). The second kappa shape index (κ2) is 6.65. The Morgan fingerprint density at radius 3 is 2.58 bits per heavy atom. The van der Waals surface area contributed by atoms with Crippen molar-refractivity contribution < 1.29 is 13.2 Å². The van der Waals surface area contributed by atoms with Crippen LogP contribution in [0.3, 0.4) is 0 Å². The molecule has 0 aliphatic carbocycles. The highest BCUT2D eigenvalue weighted by Gasteiger charge is 2.20. The van der Waals surface area contributed by atoms with Crippen LogP contribution in [-0.2, 0) is 27.1 Å². The van der Waals surface area contributed by atoms with Gasteiger partial charge in [-0.25, -0.2) is 8.42 Å². The monoisotopic (exact) mass is 285 g/mol. The highest BCUT2D eigenvalue weighted by atomic mass is 32.2. The zero-order valence-electron chi connectivity index (χ0n) is 11.1. The fourth-order valence-electron chi connectivity index (χ4n) is 1.55. The normalized spacial score (nSPS) is 11.6. The van der Waals surface area contributed by atoms with Crippen LogP contribution in [0.15, 0.2) is 24.3 Å². The zero-order chi connectivity index (χ0) is 14.5. The molecule has 0 aromatic heterocycles. The van der Waals surface area contributed by atoms with Crippen molar-refractivity contribution in [2.24, 2.45) is 5.73 Å². The van der Waals surface area contributed by atoms with Crippen molar-refractivity contribution in [2.45, 2.75) is 12.3 Å². The Bertz CT molecular complexity index is 543. The van der Waals surface area contributed by atoms with Gasteiger partial charge in [-0.2, -0.15) is 4.31 Å². The molecule has 0 fully saturated rings. The molecule has 0 aliphatic rings. The van der Waals surface area contributed by atoms with Gasteiger partial charge in [0.1, 0.15) is 0 Å². The summed E-state index contributed by atoms with van der Waals surface area (Å²) in [5.41, 5.74) is 7.05. The van der Waals surface area contributed by atoms with Gasteiger partial charge in [-0.3, -0.25) is 4.79 Å². The average molecular weight is 285 g/mol. The summed E-state index contributed by atoms with van der Waals surface area (Å²) in [6.07, 6.45) is 0. The van der Waals surface area contributed by atoms with Crippen LogP contribution in [0.25, 0.3) is 0 Å². The van der Waals surface area contributed by atoms with Gasteiger partial charge < -0.3 is 11.1 Å². The van der Waals surface area contributed by atoms with E-state index in [0.29, 0.717) is 12.1 Å². The Morgan fingerprint density at radius 1 is 1.37 bits per heavy atom. The first-order valence-corrected chi connectivity index (χ1v) is 7.42. The molecule has 0 aliphatic heterocycles. The number of nitrogens with one attached hydrogen (secondary N) is 1. The van der Waals surface area contributed by atoms with Crippen LogP contribution in [-0.4, -0.2) is 39.3 Å². The molecule has 3 N–H and O–H groups in total. The van der Waals surface area contributed by atoms with E-state index in [2.05, 4.69) is 5.32 Å². The number of benzene rings is 1. The van der Waals surface area contributed by atoms with Crippen molar-refractivity contribution in [1.29, 1.82) is 0 Å². The van der Waals surface area contributed by atoms with Crippen molar-refractivity contribution in [1.82, 2.24) is 9.62 Å². The lowest BCUT2D eigenvalue weighted by atomic mass is 10.1. The third kappa shape index (κ3) is 4.62. The number of likely N-dealkylation sites (N-methyl/N-ethyl adjacent to an activating group) is 2. The maximum atomic E-state index is 12.1. The number of sulfonamides is 1. The quantitative estimate of drug-likeness (QED) is 0.747. The van der Waals surface area contributed by atoms with Crippen LogP contribution < -0.4 is 11.1 Å². The average Bonchev–Trinajstić information content (AvgIpc) is 2.38. The van der Waals surface area contributed by atoms with Crippen LogP contribution in [0, 0.1) is 0 Å². The summed E-state index contributed by atoms with van der Waals surface area (Å²) in [5, 5.41) is 2.39. The Kier molecular flexibility index (Phi) is 5.46. The molecule has 0 unspecified atom stereocenters. The first-order chi connectivity index (χ1) is 8.89. The highest BCUT2D eigenvalue weighted by Crippen LogP contribution is 2.11. The molecule has 0 atom stereocenters. The van der Waals surface area contributed by atoms with Gasteiger partial charge >= 0.3 is 0 Å². The third-order valence-electron chi connectivity index (χ3n) is 2.70. The van der Waals surface area contributed by atoms with Crippen LogP contribution in [0.4, 0.5) is 0 Å². The van der Waals surface area contributed by atoms with Crippen molar-refractivity contribution in [3.8, 4) is 0 Å². The Balaban J connectivity index is 2.81. The summed E-state index contributed by atoms with van der Waals surface area (Å²) in [7, 11) is -0.660. The molecule has 0 radical (unpaired) electrons. The number of carbonyl (C=O) groups is 1. The van der Waals surface area contributed by atoms with Crippen molar-refractivity contribution in [2.75, 3.05) is 20.6 Å². The molecular formula is C12H19N3O3S. The van der Waals surface area contributed by atoms with Crippen LogP contribution >= 0.6 is 0 Å². The molecule has 106 valence electrons. The van der Waals surface area contributed by atoms with Crippen LogP contribution in [0.5, 0.6) is 0 Å². The predicted molar refractivity (Wildman–Crippen MR) is 73.7 cm³/mol.